The lowest BCUT2D eigenvalue weighted by Gasteiger charge is -2.28. The minimum Gasteiger partial charge on any atom is -0.493 e. The van der Waals surface area contributed by atoms with Gasteiger partial charge in [0.05, 0.1) is 18.2 Å². The highest BCUT2D eigenvalue weighted by Crippen LogP contribution is 2.48. The summed E-state index contributed by atoms with van der Waals surface area (Å²) in [5.41, 5.74) is -0.371. The number of hydrogen-bond donors (Lipinski definition) is 2. The van der Waals surface area contributed by atoms with Crippen LogP contribution in [0.25, 0.3) is 10.9 Å². The Kier molecular flexibility index (Phi) is 8.93. The molecule has 0 radical (unpaired) electrons. The van der Waals surface area contributed by atoms with Crippen molar-refractivity contribution in [2.45, 2.75) is 56.5 Å². The molecule has 1 amide bonds. The second-order valence-corrected chi connectivity index (χ2v) is 13.1. The van der Waals surface area contributed by atoms with E-state index in [1.54, 1.807) is 37.6 Å². The summed E-state index contributed by atoms with van der Waals surface area (Å²) < 4.78 is 65.6. The molecule has 2 N–H and O–H groups in total. The van der Waals surface area contributed by atoms with E-state index in [4.69, 9.17) is 18.9 Å². The summed E-state index contributed by atoms with van der Waals surface area (Å²) in [5, 5.41) is 6.85. The van der Waals surface area contributed by atoms with E-state index in [0.717, 1.165) is 51.0 Å². The van der Waals surface area contributed by atoms with Gasteiger partial charge in [-0.3, -0.25) is 14.6 Å². The molecule has 2 aliphatic carbocycles. The summed E-state index contributed by atoms with van der Waals surface area (Å²) in [7, 11) is 1.55. The molecule has 2 saturated carbocycles. The molecular formula is C37H36F3N3O6. The lowest BCUT2D eigenvalue weighted by Crippen LogP contribution is -2.46. The molecule has 1 saturated heterocycles. The Balaban J connectivity index is 1.01. The van der Waals surface area contributed by atoms with Gasteiger partial charge in [-0.1, -0.05) is 6.07 Å². The fraction of sp³-hybridized carbons (Fsp3) is 0.378. The number of nitrogens with one attached hydrogen (secondary N) is 2. The molecule has 1 aliphatic heterocycles. The number of nitrogens with zero attached hydrogens (tertiary/aromatic N) is 1. The maximum absolute atomic E-state index is 15.4. The average molecular weight is 676 g/mol. The molecule has 49 heavy (non-hydrogen) atoms. The first kappa shape index (κ1) is 32.8. The summed E-state index contributed by atoms with van der Waals surface area (Å²) >= 11 is 0. The normalized spacial score (nSPS) is 17.7. The molecule has 1 aromatic heterocycles. The number of fused-ring (bicyclic) bond motifs is 1. The van der Waals surface area contributed by atoms with Crippen LogP contribution in [0, 0.1) is 22.9 Å². The Bertz CT molecular complexity index is 1910. The number of pyridine rings is 1. The Labute approximate surface area is 281 Å². The Morgan fingerprint density at radius 3 is 2.37 bits per heavy atom. The smallest absolute Gasteiger partial charge is 0.238 e. The predicted molar refractivity (Wildman–Crippen MR) is 175 cm³/mol. The van der Waals surface area contributed by atoms with Crippen molar-refractivity contribution >= 4 is 28.3 Å². The molecule has 7 rings (SSSR count). The average Bonchev–Trinajstić information content (AvgIpc) is 4.04. The van der Waals surface area contributed by atoms with E-state index in [9.17, 15) is 18.4 Å². The van der Waals surface area contributed by atoms with E-state index in [1.165, 1.54) is 18.2 Å². The highest BCUT2D eigenvalue weighted by Gasteiger charge is 2.55. The summed E-state index contributed by atoms with van der Waals surface area (Å²) in [6.07, 6.45) is 6.03. The second-order valence-electron chi connectivity index (χ2n) is 13.1. The van der Waals surface area contributed by atoms with Crippen LogP contribution in [0.4, 0.5) is 18.9 Å². The number of aromatic nitrogens is 1. The van der Waals surface area contributed by atoms with Crippen LogP contribution in [0.1, 0.15) is 44.1 Å². The monoisotopic (exact) mass is 675 g/mol. The number of hydrogen-bond acceptors (Lipinski definition) is 8. The lowest BCUT2D eigenvalue weighted by atomic mass is 9.94. The van der Waals surface area contributed by atoms with Crippen molar-refractivity contribution in [3.05, 3.63) is 83.8 Å². The third-order valence-corrected chi connectivity index (χ3v) is 9.55. The van der Waals surface area contributed by atoms with Crippen molar-refractivity contribution in [1.29, 1.82) is 0 Å². The zero-order valence-electron chi connectivity index (χ0n) is 27.0. The largest absolute Gasteiger partial charge is 0.493 e. The molecule has 0 unspecified atom stereocenters. The highest BCUT2D eigenvalue weighted by molar-refractivity contribution is 6.14. The van der Waals surface area contributed by atoms with Crippen LogP contribution in [0.2, 0.25) is 0 Å². The number of amides is 1. The van der Waals surface area contributed by atoms with Gasteiger partial charge in [0.1, 0.15) is 17.8 Å². The fourth-order valence-electron chi connectivity index (χ4n) is 6.25. The van der Waals surface area contributed by atoms with Crippen LogP contribution < -0.4 is 24.8 Å². The van der Waals surface area contributed by atoms with Crippen molar-refractivity contribution in [1.82, 2.24) is 10.3 Å². The van der Waals surface area contributed by atoms with Gasteiger partial charge in [0.2, 0.25) is 5.91 Å². The number of anilines is 1. The fourth-order valence-corrected chi connectivity index (χ4v) is 6.25. The zero-order valence-corrected chi connectivity index (χ0v) is 27.0. The lowest BCUT2D eigenvalue weighted by molar-refractivity contribution is -0.132. The zero-order chi connectivity index (χ0) is 34.2. The third kappa shape index (κ3) is 7.06. The molecule has 0 spiro atoms. The molecule has 256 valence electrons. The third-order valence-electron chi connectivity index (χ3n) is 9.55. The van der Waals surface area contributed by atoms with E-state index >= 15 is 4.39 Å². The minimum absolute atomic E-state index is 0.0468. The molecule has 9 nitrogen and oxygen atoms in total. The van der Waals surface area contributed by atoms with Gasteiger partial charge >= 0.3 is 0 Å². The topological polar surface area (TPSA) is 108 Å². The van der Waals surface area contributed by atoms with Crippen molar-refractivity contribution in [3.8, 4) is 23.0 Å². The number of rotatable bonds is 13. The van der Waals surface area contributed by atoms with Crippen LogP contribution in [0.5, 0.6) is 23.0 Å². The number of carbonyl (C=O) groups is 2. The highest BCUT2D eigenvalue weighted by atomic mass is 19.2. The summed E-state index contributed by atoms with van der Waals surface area (Å²) in [6, 6.07) is 12.7. The summed E-state index contributed by atoms with van der Waals surface area (Å²) in [6.45, 7) is 2.02. The van der Waals surface area contributed by atoms with Gasteiger partial charge in [-0.2, -0.15) is 0 Å². The van der Waals surface area contributed by atoms with Gasteiger partial charge < -0.3 is 29.6 Å². The summed E-state index contributed by atoms with van der Waals surface area (Å²) in [5.74, 6) is -2.51. The summed E-state index contributed by atoms with van der Waals surface area (Å²) in [4.78, 5) is 30.6. The van der Waals surface area contributed by atoms with Gasteiger partial charge in [0, 0.05) is 55.1 Å². The van der Waals surface area contributed by atoms with E-state index < -0.39 is 34.6 Å². The van der Waals surface area contributed by atoms with Crippen LogP contribution in [0.15, 0.2) is 60.8 Å². The number of benzene rings is 3. The second kappa shape index (κ2) is 13.3. The number of Topliss-reactive ketones (excluding diaryl/α,β-unsaturated/α-hetero) is 1. The molecule has 0 bridgehead atoms. The molecule has 3 fully saturated rings. The molecule has 3 aromatic carbocycles. The molecule has 4 aromatic rings. The number of ketones is 1. The minimum atomic E-state index is -1.30. The van der Waals surface area contributed by atoms with Gasteiger partial charge in [-0.05, 0) is 80.5 Å². The van der Waals surface area contributed by atoms with Crippen molar-refractivity contribution in [2.75, 3.05) is 32.2 Å². The molecule has 2 heterocycles. The number of carbonyl (C=O) groups excluding carboxylic acids is 2. The molecule has 12 heteroatoms. The van der Waals surface area contributed by atoms with Crippen LogP contribution >= 0.6 is 0 Å². The van der Waals surface area contributed by atoms with Crippen molar-refractivity contribution < 1.29 is 41.7 Å². The standard InChI is InChI=1S/C37H36F3N3O6/c1-46-32-19-25-29(20-33(32)48-21-36(9-10-36)43-23-7-14-47-15-8-23)41-13-6-30(25)49-31-5-2-22(16-28(31)40)17-34(44)37(11-12-37)35(45)42-24-3-4-26(38)27(39)18-24/h2-6,13,16,18-20,23,43H,7-12,14-15,17,21H2,1H3,(H,42,45). The Morgan fingerprint density at radius 2 is 1.67 bits per heavy atom. The molecule has 3 aliphatic rings. The van der Waals surface area contributed by atoms with Gasteiger partial charge in [0.15, 0.2) is 40.5 Å². The Morgan fingerprint density at radius 1 is 0.878 bits per heavy atom. The number of ether oxygens (including phenoxy) is 4. The maximum atomic E-state index is 15.4. The number of halogens is 3. The molecule has 0 atom stereocenters. The van der Waals surface area contributed by atoms with Gasteiger partial charge in [0.25, 0.3) is 0 Å². The van der Waals surface area contributed by atoms with Gasteiger partial charge in [-0.15, -0.1) is 0 Å². The van der Waals surface area contributed by atoms with E-state index in [2.05, 4.69) is 15.6 Å². The van der Waals surface area contributed by atoms with Crippen LogP contribution in [-0.4, -0.2) is 55.2 Å². The first-order chi connectivity index (χ1) is 23.7. The number of methoxy groups -OCH3 is 1. The first-order valence-corrected chi connectivity index (χ1v) is 16.4. The quantitative estimate of drug-likeness (QED) is 0.152. The van der Waals surface area contributed by atoms with Gasteiger partial charge in [-0.25, -0.2) is 13.2 Å². The van der Waals surface area contributed by atoms with Crippen LogP contribution in [0.3, 0.4) is 0 Å². The predicted octanol–water partition coefficient (Wildman–Crippen LogP) is 6.66. The van der Waals surface area contributed by atoms with E-state index in [1.807, 2.05) is 0 Å². The SMILES string of the molecule is COc1cc2c(Oc3ccc(CC(=O)C4(C(=O)Nc5ccc(F)c(F)c5)CC4)cc3F)ccnc2cc1OCC1(NC2CCOCC2)CC1. The van der Waals surface area contributed by atoms with Crippen LogP contribution in [-0.2, 0) is 20.7 Å². The first-order valence-electron chi connectivity index (χ1n) is 16.4. The van der Waals surface area contributed by atoms with Crippen molar-refractivity contribution in [2.24, 2.45) is 5.41 Å². The maximum Gasteiger partial charge on any atom is 0.238 e. The molecular weight excluding hydrogens is 639 g/mol. The van der Waals surface area contributed by atoms with Crippen molar-refractivity contribution in [3.63, 3.8) is 0 Å². The van der Waals surface area contributed by atoms with E-state index in [0.29, 0.717) is 59.2 Å². The Hall–Kier alpha value is -4.68. The van der Waals surface area contributed by atoms with E-state index in [-0.39, 0.29) is 23.4 Å².